The number of nitrogens with zero attached hydrogens (tertiary/aromatic N) is 2. The summed E-state index contributed by atoms with van der Waals surface area (Å²) in [6.07, 6.45) is 0. The van der Waals surface area contributed by atoms with E-state index < -0.39 is 0 Å². The molecule has 0 unspecified atom stereocenters. The van der Waals surface area contributed by atoms with Gasteiger partial charge in [0.2, 0.25) is 0 Å². The topological polar surface area (TPSA) is 58.2 Å². The van der Waals surface area contributed by atoms with E-state index in [4.69, 9.17) is 4.74 Å². The molecule has 0 radical (unpaired) electrons. The second-order valence-corrected chi connectivity index (χ2v) is 4.39. The lowest BCUT2D eigenvalue weighted by Crippen LogP contribution is -2.39. The molecular weight excluding hydrogens is 218 g/mol. The number of nitrogens with one attached hydrogen (secondary N) is 1. The normalized spacial score (nSPS) is 10.9. The largest absolute Gasteiger partial charge is 0.383 e. The van der Waals surface area contributed by atoms with Crippen molar-refractivity contribution in [3.63, 3.8) is 0 Å². The van der Waals surface area contributed by atoms with Crippen LogP contribution in [0.5, 0.6) is 0 Å². The number of aromatic nitrogens is 2. The Kier molecular flexibility index (Phi) is 4.69. The standard InChI is InChI=1S/C12H21N3O2/c1-8(2)15(6-7-17-5)12(16)11-9(3)13-14-10(11)4/h8H,6-7H2,1-5H3,(H,13,14). The number of hydrogen-bond acceptors (Lipinski definition) is 3. The van der Waals surface area contributed by atoms with Crippen molar-refractivity contribution >= 4 is 5.91 Å². The molecule has 0 bridgehead atoms. The smallest absolute Gasteiger partial charge is 0.257 e. The monoisotopic (exact) mass is 239 g/mol. The molecule has 1 heterocycles. The van der Waals surface area contributed by atoms with Gasteiger partial charge >= 0.3 is 0 Å². The van der Waals surface area contributed by atoms with Crippen LogP contribution in [0.25, 0.3) is 0 Å². The van der Waals surface area contributed by atoms with E-state index >= 15 is 0 Å². The zero-order valence-corrected chi connectivity index (χ0v) is 11.2. The maximum atomic E-state index is 12.4. The summed E-state index contributed by atoms with van der Waals surface area (Å²) >= 11 is 0. The third-order valence-electron chi connectivity index (χ3n) is 2.76. The molecule has 0 saturated carbocycles. The van der Waals surface area contributed by atoms with Crippen molar-refractivity contribution < 1.29 is 9.53 Å². The SMILES string of the molecule is COCCN(C(=O)c1c(C)n[nH]c1C)C(C)C. The molecule has 1 N–H and O–H groups in total. The first kappa shape index (κ1) is 13.7. The average Bonchev–Trinajstić information content (AvgIpc) is 2.58. The predicted molar refractivity (Wildman–Crippen MR) is 66.1 cm³/mol. The minimum atomic E-state index is 0.0146. The molecule has 0 spiro atoms. The van der Waals surface area contributed by atoms with Crippen molar-refractivity contribution in [3.8, 4) is 0 Å². The second kappa shape index (κ2) is 5.82. The minimum Gasteiger partial charge on any atom is -0.383 e. The molecule has 1 aromatic heterocycles. The van der Waals surface area contributed by atoms with E-state index in [1.807, 2.05) is 27.7 Å². The van der Waals surface area contributed by atoms with E-state index in [0.717, 1.165) is 11.4 Å². The Morgan fingerprint density at radius 1 is 1.47 bits per heavy atom. The molecule has 0 saturated heterocycles. The fraction of sp³-hybridized carbons (Fsp3) is 0.667. The van der Waals surface area contributed by atoms with Crippen molar-refractivity contribution in [1.82, 2.24) is 15.1 Å². The summed E-state index contributed by atoms with van der Waals surface area (Å²) in [6, 6.07) is 0.145. The van der Waals surface area contributed by atoms with Gasteiger partial charge in [-0.3, -0.25) is 9.89 Å². The van der Waals surface area contributed by atoms with Gasteiger partial charge in [-0.2, -0.15) is 5.10 Å². The van der Waals surface area contributed by atoms with E-state index in [0.29, 0.717) is 18.7 Å². The first-order valence-electron chi connectivity index (χ1n) is 5.80. The first-order chi connectivity index (χ1) is 7.99. The van der Waals surface area contributed by atoms with Crippen molar-refractivity contribution in [2.75, 3.05) is 20.3 Å². The van der Waals surface area contributed by atoms with Crippen LogP contribution in [0.4, 0.5) is 0 Å². The summed E-state index contributed by atoms with van der Waals surface area (Å²) in [7, 11) is 1.64. The van der Waals surface area contributed by atoms with Crippen molar-refractivity contribution in [2.24, 2.45) is 0 Å². The molecule has 0 aliphatic heterocycles. The third-order valence-corrected chi connectivity index (χ3v) is 2.76. The number of rotatable bonds is 5. The molecule has 0 atom stereocenters. The van der Waals surface area contributed by atoms with Crippen LogP contribution in [-0.4, -0.2) is 47.3 Å². The Bertz CT molecular complexity index is 366. The van der Waals surface area contributed by atoms with Gasteiger partial charge in [0, 0.05) is 25.4 Å². The summed E-state index contributed by atoms with van der Waals surface area (Å²) in [6.45, 7) is 8.83. The molecule has 96 valence electrons. The number of H-pyrrole nitrogens is 1. The highest BCUT2D eigenvalue weighted by molar-refractivity contribution is 5.96. The zero-order chi connectivity index (χ0) is 13.0. The molecule has 1 aromatic rings. The number of aryl methyl sites for hydroxylation is 2. The highest BCUT2D eigenvalue weighted by Gasteiger charge is 2.23. The summed E-state index contributed by atoms with van der Waals surface area (Å²) in [5, 5.41) is 6.89. The fourth-order valence-electron chi connectivity index (χ4n) is 1.79. The molecule has 5 nitrogen and oxygen atoms in total. The summed E-state index contributed by atoms with van der Waals surface area (Å²) in [5.41, 5.74) is 2.24. The number of amides is 1. The Balaban J connectivity index is 2.92. The van der Waals surface area contributed by atoms with Gasteiger partial charge in [0.05, 0.1) is 17.9 Å². The van der Waals surface area contributed by atoms with Crippen LogP contribution in [0.2, 0.25) is 0 Å². The molecule has 0 aliphatic carbocycles. The number of carbonyl (C=O) groups is 1. The van der Waals surface area contributed by atoms with Crippen LogP contribution in [-0.2, 0) is 4.74 Å². The van der Waals surface area contributed by atoms with Crippen LogP contribution in [0.15, 0.2) is 0 Å². The van der Waals surface area contributed by atoms with Gasteiger partial charge in [0.25, 0.3) is 5.91 Å². The van der Waals surface area contributed by atoms with Gasteiger partial charge in [0.15, 0.2) is 0 Å². The van der Waals surface area contributed by atoms with Crippen LogP contribution in [0, 0.1) is 13.8 Å². The molecule has 1 rings (SSSR count). The van der Waals surface area contributed by atoms with Gasteiger partial charge in [-0.25, -0.2) is 0 Å². The van der Waals surface area contributed by atoms with E-state index in [1.165, 1.54) is 0 Å². The predicted octanol–water partition coefficient (Wildman–Crippen LogP) is 1.52. The third kappa shape index (κ3) is 3.06. The Morgan fingerprint density at radius 3 is 2.53 bits per heavy atom. The van der Waals surface area contributed by atoms with Crippen LogP contribution < -0.4 is 0 Å². The number of methoxy groups -OCH3 is 1. The zero-order valence-electron chi connectivity index (χ0n) is 11.2. The average molecular weight is 239 g/mol. The van der Waals surface area contributed by atoms with Crippen LogP contribution in [0.3, 0.4) is 0 Å². The van der Waals surface area contributed by atoms with Crippen molar-refractivity contribution in [1.29, 1.82) is 0 Å². The minimum absolute atomic E-state index is 0.0146. The van der Waals surface area contributed by atoms with Gasteiger partial charge in [0.1, 0.15) is 0 Å². The Morgan fingerprint density at radius 2 is 2.12 bits per heavy atom. The van der Waals surface area contributed by atoms with Crippen LogP contribution in [0.1, 0.15) is 35.6 Å². The van der Waals surface area contributed by atoms with E-state index in [2.05, 4.69) is 10.2 Å². The van der Waals surface area contributed by atoms with Crippen LogP contribution >= 0.6 is 0 Å². The van der Waals surface area contributed by atoms with E-state index in [-0.39, 0.29) is 11.9 Å². The lowest BCUT2D eigenvalue weighted by molar-refractivity contribution is 0.0633. The lowest BCUT2D eigenvalue weighted by Gasteiger charge is -2.26. The molecule has 1 amide bonds. The molecule has 0 fully saturated rings. The number of hydrogen-bond donors (Lipinski definition) is 1. The maximum Gasteiger partial charge on any atom is 0.257 e. The molecule has 17 heavy (non-hydrogen) atoms. The lowest BCUT2D eigenvalue weighted by atomic mass is 10.1. The number of carbonyl (C=O) groups excluding carboxylic acids is 1. The van der Waals surface area contributed by atoms with Crippen molar-refractivity contribution in [3.05, 3.63) is 17.0 Å². The summed E-state index contributed by atoms with van der Waals surface area (Å²) in [5.74, 6) is 0.0146. The highest BCUT2D eigenvalue weighted by Crippen LogP contribution is 2.14. The molecule has 0 aliphatic rings. The quantitative estimate of drug-likeness (QED) is 0.847. The van der Waals surface area contributed by atoms with Gasteiger partial charge in [-0.1, -0.05) is 0 Å². The molecular formula is C12H21N3O2. The van der Waals surface area contributed by atoms with Gasteiger partial charge in [-0.15, -0.1) is 0 Å². The summed E-state index contributed by atoms with van der Waals surface area (Å²) in [4.78, 5) is 14.2. The number of aromatic amines is 1. The maximum absolute atomic E-state index is 12.4. The first-order valence-corrected chi connectivity index (χ1v) is 5.80. The molecule has 0 aromatic carbocycles. The van der Waals surface area contributed by atoms with E-state index in [1.54, 1.807) is 12.0 Å². The Hall–Kier alpha value is -1.36. The van der Waals surface area contributed by atoms with E-state index in [9.17, 15) is 4.79 Å². The van der Waals surface area contributed by atoms with Gasteiger partial charge in [-0.05, 0) is 27.7 Å². The fourth-order valence-corrected chi connectivity index (χ4v) is 1.79. The van der Waals surface area contributed by atoms with Crippen molar-refractivity contribution in [2.45, 2.75) is 33.7 Å². The second-order valence-electron chi connectivity index (χ2n) is 4.39. The summed E-state index contributed by atoms with van der Waals surface area (Å²) < 4.78 is 5.03. The highest BCUT2D eigenvalue weighted by atomic mass is 16.5. The molecule has 5 heteroatoms. The van der Waals surface area contributed by atoms with Gasteiger partial charge < -0.3 is 9.64 Å². The number of ether oxygens (including phenoxy) is 1. The Labute approximate surface area is 102 Å².